The lowest BCUT2D eigenvalue weighted by atomic mass is 10.1. The predicted molar refractivity (Wildman–Crippen MR) is 71.9 cm³/mol. The Morgan fingerprint density at radius 2 is 2.32 bits per heavy atom. The lowest BCUT2D eigenvalue weighted by Crippen LogP contribution is -2.42. The molecule has 22 heavy (non-hydrogen) atoms. The first-order valence-corrected chi connectivity index (χ1v) is 6.48. The van der Waals surface area contributed by atoms with Crippen molar-refractivity contribution in [2.24, 2.45) is 0 Å². The summed E-state index contributed by atoms with van der Waals surface area (Å²) in [5, 5.41) is 28.3. The molecule has 8 nitrogen and oxygen atoms in total. The number of nitrogens with zero attached hydrogens (tertiary/aromatic N) is 2. The van der Waals surface area contributed by atoms with Gasteiger partial charge in [0.1, 0.15) is 25.4 Å². The van der Waals surface area contributed by atoms with E-state index in [2.05, 4.69) is 11.6 Å². The Kier molecular flexibility index (Phi) is 4.61. The van der Waals surface area contributed by atoms with Crippen molar-refractivity contribution in [3.05, 3.63) is 34.9 Å². The monoisotopic (exact) mass is 316 g/mol. The average molecular weight is 316 g/mol. The summed E-state index contributed by atoms with van der Waals surface area (Å²) in [4.78, 5) is 15.5. The van der Waals surface area contributed by atoms with Gasteiger partial charge in [0.25, 0.3) is 5.85 Å². The maximum Gasteiger partial charge on any atom is 0.353 e. The Balaban J connectivity index is 2.23. The zero-order valence-corrected chi connectivity index (χ0v) is 11.8. The molecule has 0 radical (unpaired) electrons. The van der Waals surface area contributed by atoms with Gasteiger partial charge in [-0.3, -0.25) is 4.57 Å². The Bertz CT molecular complexity index is 621. The van der Waals surface area contributed by atoms with E-state index in [0.29, 0.717) is 0 Å². The molecule has 0 amide bonds. The standard InChI is InChI=1S/C13H17FN2O6/c1-7(2)5-21-8-3-4-16(12(20)15-8)11-9(18)10(19)13(14,6-17)22-11/h3-4,9-11,17-19H,1,5-6H2,2H3/t9-,10+,11-,13-/m1/s1. The molecule has 1 aromatic rings. The molecule has 0 aromatic carbocycles. The van der Waals surface area contributed by atoms with E-state index in [9.17, 15) is 19.4 Å². The quantitative estimate of drug-likeness (QED) is 0.604. The van der Waals surface area contributed by atoms with Crippen LogP contribution in [0.1, 0.15) is 13.2 Å². The van der Waals surface area contributed by atoms with Gasteiger partial charge in [0.05, 0.1) is 0 Å². The second-order valence-electron chi connectivity index (χ2n) is 5.09. The van der Waals surface area contributed by atoms with E-state index in [1.807, 2.05) is 0 Å². The normalized spacial score (nSPS) is 31.2. The number of hydrogen-bond donors (Lipinski definition) is 3. The highest BCUT2D eigenvalue weighted by atomic mass is 19.2. The molecule has 2 heterocycles. The van der Waals surface area contributed by atoms with Crippen molar-refractivity contribution in [2.45, 2.75) is 31.2 Å². The lowest BCUT2D eigenvalue weighted by Gasteiger charge is -2.19. The molecule has 4 atom stereocenters. The minimum Gasteiger partial charge on any atom is -0.473 e. The predicted octanol–water partition coefficient (Wildman–Crippen LogP) is -0.893. The van der Waals surface area contributed by atoms with Crippen LogP contribution in [-0.4, -0.2) is 56.1 Å². The van der Waals surface area contributed by atoms with Gasteiger partial charge >= 0.3 is 5.69 Å². The van der Waals surface area contributed by atoms with Crippen molar-refractivity contribution >= 4 is 0 Å². The summed E-state index contributed by atoms with van der Waals surface area (Å²) in [6, 6.07) is 1.32. The zero-order valence-electron chi connectivity index (χ0n) is 11.8. The van der Waals surface area contributed by atoms with Crippen molar-refractivity contribution < 1.29 is 29.2 Å². The summed E-state index contributed by atoms with van der Waals surface area (Å²) >= 11 is 0. The molecule has 122 valence electrons. The molecule has 1 saturated heterocycles. The molecule has 2 rings (SSSR count). The summed E-state index contributed by atoms with van der Waals surface area (Å²) in [6.07, 6.45) is -4.05. The molecule has 0 unspecified atom stereocenters. The molecule has 1 aliphatic heterocycles. The molecule has 0 saturated carbocycles. The second-order valence-corrected chi connectivity index (χ2v) is 5.09. The summed E-state index contributed by atoms with van der Waals surface area (Å²) in [5.41, 5.74) is -0.133. The van der Waals surface area contributed by atoms with Gasteiger partial charge in [-0.25, -0.2) is 9.18 Å². The smallest absolute Gasteiger partial charge is 0.353 e. The van der Waals surface area contributed by atoms with Gasteiger partial charge in [-0.1, -0.05) is 6.58 Å². The third-order valence-corrected chi connectivity index (χ3v) is 3.13. The third-order valence-electron chi connectivity index (χ3n) is 3.13. The van der Waals surface area contributed by atoms with Gasteiger partial charge < -0.3 is 24.8 Å². The van der Waals surface area contributed by atoms with Crippen molar-refractivity contribution in [2.75, 3.05) is 13.2 Å². The van der Waals surface area contributed by atoms with E-state index in [-0.39, 0.29) is 12.5 Å². The van der Waals surface area contributed by atoms with Crippen LogP contribution in [0.4, 0.5) is 4.39 Å². The molecule has 1 aromatic heterocycles. The summed E-state index contributed by atoms with van der Waals surface area (Å²) in [5.74, 6) is -2.82. The summed E-state index contributed by atoms with van der Waals surface area (Å²) < 4.78 is 24.8. The minimum absolute atomic E-state index is 0.0333. The number of aliphatic hydroxyl groups is 3. The van der Waals surface area contributed by atoms with E-state index < -0.39 is 36.6 Å². The van der Waals surface area contributed by atoms with Crippen LogP contribution < -0.4 is 10.4 Å². The highest BCUT2D eigenvalue weighted by Crippen LogP contribution is 2.37. The first-order valence-electron chi connectivity index (χ1n) is 6.48. The molecular weight excluding hydrogens is 299 g/mol. The fraction of sp³-hybridized carbons (Fsp3) is 0.538. The largest absolute Gasteiger partial charge is 0.473 e. The fourth-order valence-corrected chi connectivity index (χ4v) is 1.97. The van der Waals surface area contributed by atoms with Crippen LogP contribution in [0.2, 0.25) is 0 Å². The number of aliphatic hydroxyl groups excluding tert-OH is 3. The lowest BCUT2D eigenvalue weighted by molar-refractivity contribution is -0.207. The Morgan fingerprint density at radius 3 is 2.82 bits per heavy atom. The molecule has 1 fully saturated rings. The summed E-state index contributed by atoms with van der Waals surface area (Å²) in [6.45, 7) is 4.39. The van der Waals surface area contributed by atoms with Crippen molar-refractivity contribution in [1.82, 2.24) is 9.55 Å². The van der Waals surface area contributed by atoms with Gasteiger partial charge in [-0.2, -0.15) is 4.98 Å². The van der Waals surface area contributed by atoms with E-state index in [0.717, 1.165) is 10.1 Å². The summed E-state index contributed by atoms with van der Waals surface area (Å²) in [7, 11) is 0. The number of halogens is 1. The molecule has 0 spiro atoms. The minimum atomic E-state index is -2.85. The Hall–Kier alpha value is -1.81. The molecule has 1 aliphatic rings. The van der Waals surface area contributed by atoms with Gasteiger partial charge in [-0.15, -0.1) is 0 Å². The van der Waals surface area contributed by atoms with Crippen LogP contribution >= 0.6 is 0 Å². The highest BCUT2D eigenvalue weighted by Gasteiger charge is 2.55. The topological polar surface area (TPSA) is 114 Å². The van der Waals surface area contributed by atoms with Crippen molar-refractivity contribution in [3.8, 4) is 5.88 Å². The highest BCUT2D eigenvalue weighted by molar-refractivity contribution is 5.08. The maximum atomic E-state index is 14.0. The van der Waals surface area contributed by atoms with Gasteiger partial charge in [0.15, 0.2) is 6.23 Å². The van der Waals surface area contributed by atoms with E-state index >= 15 is 0 Å². The first kappa shape index (κ1) is 16.6. The average Bonchev–Trinajstić information content (AvgIpc) is 2.70. The number of hydrogen-bond acceptors (Lipinski definition) is 7. The van der Waals surface area contributed by atoms with Crippen LogP contribution in [0.15, 0.2) is 29.2 Å². The zero-order chi connectivity index (χ0) is 16.5. The number of aromatic nitrogens is 2. The van der Waals surface area contributed by atoms with E-state index in [4.69, 9.17) is 14.6 Å². The Morgan fingerprint density at radius 1 is 1.64 bits per heavy atom. The van der Waals surface area contributed by atoms with Crippen molar-refractivity contribution in [3.63, 3.8) is 0 Å². The SMILES string of the molecule is C=C(C)COc1ccn([C@@H]2O[C@](F)(CO)[C@@H](O)[C@H]2O)c(=O)n1. The van der Waals surface area contributed by atoms with Crippen LogP contribution in [0.5, 0.6) is 5.88 Å². The second kappa shape index (κ2) is 6.13. The van der Waals surface area contributed by atoms with Crippen LogP contribution in [0.25, 0.3) is 0 Å². The number of rotatable bonds is 5. The third kappa shape index (κ3) is 3.02. The molecule has 3 N–H and O–H groups in total. The van der Waals surface area contributed by atoms with E-state index in [1.54, 1.807) is 6.92 Å². The van der Waals surface area contributed by atoms with Crippen molar-refractivity contribution in [1.29, 1.82) is 0 Å². The molecular formula is C13H17FN2O6. The van der Waals surface area contributed by atoms with E-state index in [1.165, 1.54) is 12.3 Å². The Labute approximate surface area is 125 Å². The fourth-order valence-electron chi connectivity index (χ4n) is 1.97. The molecule has 9 heteroatoms. The van der Waals surface area contributed by atoms with Crippen LogP contribution in [-0.2, 0) is 4.74 Å². The number of ether oxygens (including phenoxy) is 2. The number of alkyl halides is 1. The van der Waals surface area contributed by atoms with Gasteiger partial charge in [-0.05, 0) is 12.5 Å². The van der Waals surface area contributed by atoms with Gasteiger partial charge in [0, 0.05) is 12.3 Å². The van der Waals surface area contributed by atoms with Gasteiger partial charge in [0.2, 0.25) is 5.88 Å². The molecule has 0 aliphatic carbocycles. The molecule has 0 bridgehead atoms. The first-order chi connectivity index (χ1) is 10.3. The maximum absolute atomic E-state index is 14.0. The van der Waals surface area contributed by atoms with Crippen LogP contribution in [0, 0.1) is 0 Å². The van der Waals surface area contributed by atoms with Crippen LogP contribution in [0.3, 0.4) is 0 Å².